The van der Waals surface area contributed by atoms with Crippen LogP contribution in [0.25, 0.3) is 6.08 Å². The van der Waals surface area contributed by atoms with Crippen LogP contribution < -0.4 is 0 Å². The van der Waals surface area contributed by atoms with Gasteiger partial charge in [0.2, 0.25) is 0 Å². The highest BCUT2D eigenvalue weighted by atomic mass is 16.5. The van der Waals surface area contributed by atoms with Gasteiger partial charge in [-0.05, 0) is 96.5 Å². The van der Waals surface area contributed by atoms with E-state index in [0.717, 1.165) is 30.7 Å². The fourth-order valence-electron chi connectivity index (χ4n) is 8.61. The quantitative estimate of drug-likeness (QED) is 0.201. The summed E-state index contributed by atoms with van der Waals surface area (Å²) in [4.78, 5) is 12.6. The Morgan fingerprint density at radius 2 is 1.69 bits per heavy atom. The van der Waals surface area contributed by atoms with Crippen LogP contribution in [0.3, 0.4) is 0 Å². The molecule has 0 heterocycles. The Morgan fingerprint density at radius 3 is 2.44 bits per heavy atom. The third kappa shape index (κ3) is 5.50. The number of allylic oxidation sites excluding steroid dienone is 5. The summed E-state index contributed by atoms with van der Waals surface area (Å²) in [5.41, 5.74) is 4.89. The molecule has 8 atom stereocenters. The van der Waals surface area contributed by atoms with E-state index in [4.69, 9.17) is 4.74 Å². The molecule has 5 rings (SSSR count). The van der Waals surface area contributed by atoms with Crippen molar-refractivity contribution in [2.45, 2.75) is 92.6 Å². The molecule has 2 nitrogen and oxygen atoms in total. The number of hydrogen-bond acceptors (Lipinski definition) is 2. The molecule has 39 heavy (non-hydrogen) atoms. The van der Waals surface area contributed by atoms with Crippen molar-refractivity contribution < 1.29 is 9.53 Å². The lowest BCUT2D eigenvalue weighted by molar-refractivity contribution is -0.144. The number of rotatable bonds is 7. The standard InChI is InChI=1S/C37H50O2/c1-25(2)26(3)12-13-27(4)32-17-18-33-31-16-15-29-24-30(39-35(38)19-14-28-10-8-7-9-11-28)20-22-36(29,5)34(31)21-23-37(32,33)6/h7-16,19,25-27,30,32-34H,17-18,20-24H2,1-6H3/t26-,27+,30-,32+,33-,34+,36+,37+/m0/s1. The first kappa shape index (κ1) is 28.2. The van der Waals surface area contributed by atoms with Crippen molar-refractivity contribution in [1.29, 1.82) is 0 Å². The minimum atomic E-state index is -0.225. The maximum atomic E-state index is 12.6. The molecule has 4 aliphatic carbocycles. The highest BCUT2D eigenvalue weighted by Gasteiger charge is 2.57. The number of fused-ring (bicyclic) bond motifs is 5. The number of carbonyl (C=O) groups excluding carboxylic acids is 1. The van der Waals surface area contributed by atoms with Crippen LogP contribution in [0.2, 0.25) is 0 Å². The molecule has 210 valence electrons. The molecule has 3 fully saturated rings. The average molecular weight is 527 g/mol. The monoisotopic (exact) mass is 526 g/mol. The van der Waals surface area contributed by atoms with Crippen molar-refractivity contribution in [2.75, 3.05) is 0 Å². The lowest BCUT2D eigenvalue weighted by Gasteiger charge is -2.55. The molecule has 1 aromatic carbocycles. The second-order valence-corrected chi connectivity index (χ2v) is 14.0. The van der Waals surface area contributed by atoms with Crippen molar-refractivity contribution >= 4 is 12.0 Å². The van der Waals surface area contributed by atoms with Crippen LogP contribution in [0.4, 0.5) is 0 Å². The molecule has 4 aliphatic rings. The van der Waals surface area contributed by atoms with Gasteiger partial charge in [-0.15, -0.1) is 0 Å². The SMILES string of the molecule is CC(C)[C@@H](C)C=C[C@@H](C)[C@H]1CC[C@H]2C3=CC=C4C[C@@H](OC(=O)C=Cc5ccccc5)CC[C@@]4(C)[C@@H]3CC[C@]12C. The van der Waals surface area contributed by atoms with E-state index in [0.29, 0.717) is 35.0 Å². The predicted molar refractivity (Wildman–Crippen MR) is 163 cm³/mol. The van der Waals surface area contributed by atoms with Crippen LogP contribution in [0, 0.1) is 46.3 Å². The molecule has 0 N–H and O–H groups in total. The van der Waals surface area contributed by atoms with E-state index in [-0.39, 0.29) is 17.5 Å². The smallest absolute Gasteiger partial charge is 0.331 e. The van der Waals surface area contributed by atoms with Crippen molar-refractivity contribution in [1.82, 2.24) is 0 Å². The van der Waals surface area contributed by atoms with Gasteiger partial charge in [0.05, 0.1) is 0 Å². The van der Waals surface area contributed by atoms with E-state index in [2.05, 4.69) is 65.8 Å². The van der Waals surface area contributed by atoms with Gasteiger partial charge in [0.25, 0.3) is 0 Å². The minimum Gasteiger partial charge on any atom is -0.459 e. The van der Waals surface area contributed by atoms with Gasteiger partial charge in [-0.25, -0.2) is 4.79 Å². The molecule has 0 spiro atoms. The van der Waals surface area contributed by atoms with E-state index in [1.54, 1.807) is 11.6 Å². The first-order chi connectivity index (χ1) is 18.6. The first-order valence-corrected chi connectivity index (χ1v) is 15.6. The normalized spacial score (nSPS) is 35.7. The highest BCUT2D eigenvalue weighted by molar-refractivity contribution is 5.87. The lowest BCUT2D eigenvalue weighted by atomic mass is 9.50. The van der Waals surface area contributed by atoms with Crippen LogP contribution in [0.15, 0.2) is 71.9 Å². The van der Waals surface area contributed by atoms with Gasteiger partial charge < -0.3 is 4.74 Å². The van der Waals surface area contributed by atoms with Crippen LogP contribution in [0.1, 0.15) is 92.1 Å². The van der Waals surface area contributed by atoms with Crippen LogP contribution >= 0.6 is 0 Å². The minimum absolute atomic E-state index is 0.0159. The summed E-state index contributed by atoms with van der Waals surface area (Å²) in [5, 5.41) is 0. The number of carbonyl (C=O) groups is 1. The van der Waals surface area contributed by atoms with Crippen LogP contribution in [-0.4, -0.2) is 12.1 Å². The maximum Gasteiger partial charge on any atom is 0.331 e. The largest absolute Gasteiger partial charge is 0.459 e. The fourth-order valence-corrected chi connectivity index (χ4v) is 8.61. The van der Waals surface area contributed by atoms with Crippen LogP contribution in [-0.2, 0) is 9.53 Å². The first-order valence-electron chi connectivity index (χ1n) is 15.6. The summed E-state index contributed by atoms with van der Waals surface area (Å²) in [6.07, 6.45) is 21.7. The zero-order chi connectivity index (χ0) is 27.8. The van der Waals surface area contributed by atoms with E-state index in [1.807, 2.05) is 36.4 Å². The third-order valence-electron chi connectivity index (χ3n) is 11.5. The second-order valence-electron chi connectivity index (χ2n) is 14.0. The zero-order valence-electron chi connectivity index (χ0n) is 25.2. The summed E-state index contributed by atoms with van der Waals surface area (Å²) in [5.74, 6) is 3.91. The average Bonchev–Trinajstić information content (AvgIpc) is 3.28. The molecule has 3 saturated carbocycles. The predicted octanol–water partition coefficient (Wildman–Crippen LogP) is 9.60. The topological polar surface area (TPSA) is 26.3 Å². The molecule has 0 radical (unpaired) electrons. The van der Waals surface area contributed by atoms with Crippen molar-refractivity contribution in [3.63, 3.8) is 0 Å². The van der Waals surface area contributed by atoms with E-state index >= 15 is 0 Å². The Morgan fingerprint density at radius 1 is 0.923 bits per heavy atom. The Balaban J connectivity index is 1.27. The molecule has 2 heteroatoms. The van der Waals surface area contributed by atoms with Gasteiger partial charge in [-0.3, -0.25) is 0 Å². The van der Waals surface area contributed by atoms with Gasteiger partial charge in [-0.1, -0.05) is 107 Å². The van der Waals surface area contributed by atoms with Crippen LogP contribution in [0.5, 0.6) is 0 Å². The molecule has 0 amide bonds. The molecule has 1 aromatic rings. The van der Waals surface area contributed by atoms with Crippen molar-refractivity contribution in [3.05, 3.63) is 77.4 Å². The number of benzene rings is 1. The number of esters is 1. The Hall–Kier alpha value is -2.35. The molecule has 0 bridgehead atoms. The Bertz CT molecular complexity index is 1150. The maximum absolute atomic E-state index is 12.6. The third-order valence-corrected chi connectivity index (χ3v) is 11.5. The van der Waals surface area contributed by atoms with E-state index in [9.17, 15) is 4.79 Å². The second kappa shape index (κ2) is 11.3. The molecular weight excluding hydrogens is 476 g/mol. The number of ether oxygens (including phenoxy) is 1. The molecule has 0 unspecified atom stereocenters. The Kier molecular flexibility index (Phi) is 8.14. The fraction of sp³-hybridized carbons (Fsp3) is 0.595. The summed E-state index contributed by atoms with van der Waals surface area (Å²) in [6, 6.07) is 9.95. The summed E-state index contributed by atoms with van der Waals surface area (Å²) < 4.78 is 5.93. The summed E-state index contributed by atoms with van der Waals surface area (Å²) in [6.45, 7) is 14.6. The van der Waals surface area contributed by atoms with Crippen molar-refractivity contribution in [3.8, 4) is 0 Å². The molecule has 0 saturated heterocycles. The molecular formula is C37H50O2. The van der Waals surface area contributed by atoms with Gasteiger partial charge in [0.1, 0.15) is 6.10 Å². The van der Waals surface area contributed by atoms with E-state index < -0.39 is 0 Å². The molecule has 0 aromatic heterocycles. The van der Waals surface area contributed by atoms with Gasteiger partial charge in [-0.2, -0.15) is 0 Å². The zero-order valence-corrected chi connectivity index (χ0v) is 25.2. The number of hydrogen-bond donors (Lipinski definition) is 0. The molecule has 0 aliphatic heterocycles. The summed E-state index contributed by atoms with van der Waals surface area (Å²) in [7, 11) is 0. The van der Waals surface area contributed by atoms with Crippen molar-refractivity contribution in [2.24, 2.45) is 46.3 Å². The highest BCUT2D eigenvalue weighted by Crippen LogP contribution is 2.66. The Labute approximate surface area is 237 Å². The van der Waals surface area contributed by atoms with Gasteiger partial charge >= 0.3 is 5.97 Å². The lowest BCUT2D eigenvalue weighted by Crippen LogP contribution is -2.46. The van der Waals surface area contributed by atoms with Gasteiger partial charge in [0, 0.05) is 12.5 Å². The van der Waals surface area contributed by atoms with Gasteiger partial charge in [0.15, 0.2) is 0 Å². The van der Waals surface area contributed by atoms with E-state index in [1.165, 1.54) is 31.3 Å². The summed E-state index contributed by atoms with van der Waals surface area (Å²) >= 11 is 0.